The van der Waals surface area contributed by atoms with E-state index in [2.05, 4.69) is 14.8 Å². The average Bonchev–Trinajstić information content (AvgIpc) is 2.85. The number of hydrogen-bond acceptors (Lipinski definition) is 4. The maximum atomic E-state index is 13.9. The van der Waals surface area contributed by atoms with Gasteiger partial charge in [-0.3, -0.25) is 4.72 Å². The molecule has 0 radical (unpaired) electrons. The molecule has 130 valence electrons. The van der Waals surface area contributed by atoms with Crippen molar-refractivity contribution in [2.45, 2.75) is 18.7 Å². The fourth-order valence-corrected chi connectivity index (χ4v) is 3.64. The van der Waals surface area contributed by atoms with Gasteiger partial charge in [-0.15, -0.1) is 0 Å². The lowest BCUT2D eigenvalue weighted by atomic mass is 10.3. The standard InChI is InChI=1S/C16H14F2N4O2S/c1-10-19-11(2)22(20-10)15-9-4-3-8-14(15)21-25(23,24)16-12(17)6-5-7-13(16)18/h3-9,21H,1-2H3. The van der Waals surface area contributed by atoms with Gasteiger partial charge in [0.05, 0.1) is 11.4 Å². The zero-order chi connectivity index (χ0) is 18.2. The molecule has 0 aliphatic carbocycles. The van der Waals surface area contributed by atoms with Crippen molar-refractivity contribution in [3.05, 3.63) is 65.7 Å². The van der Waals surface area contributed by atoms with Gasteiger partial charge in [0.2, 0.25) is 0 Å². The number of benzene rings is 2. The molecule has 0 saturated heterocycles. The highest BCUT2D eigenvalue weighted by molar-refractivity contribution is 7.92. The molecular weight excluding hydrogens is 350 g/mol. The Morgan fingerprint density at radius 2 is 1.64 bits per heavy atom. The first kappa shape index (κ1) is 17.0. The Hall–Kier alpha value is -2.81. The minimum atomic E-state index is -4.47. The first-order valence-corrected chi connectivity index (χ1v) is 8.74. The number of aromatic nitrogens is 3. The molecule has 0 atom stereocenters. The van der Waals surface area contributed by atoms with E-state index in [-0.39, 0.29) is 5.69 Å². The molecule has 1 N–H and O–H groups in total. The van der Waals surface area contributed by atoms with E-state index in [9.17, 15) is 17.2 Å². The van der Waals surface area contributed by atoms with Gasteiger partial charge in [0, 0.05) is 0 Å². The summed E-state index contributed by atoms with van der Waals surface area (Å²) in [7, 11) is -4.47. The molecule has 6 nitrogen and oxygen atoms in total. The fourth-order valence-electron chi connectivity index (χ4n) is 2.43. The Balaban J connectivity index is 2.09. The van der Waals surface area contributed by atoms with E-state index in [1.54, 1.807) is 32.0 Å². The van der Waals surface area contributed by atoms with Crippen molar-refractivity contribution < 1.29 is 17.2 Å². The van der Waals surface area contributed by atoms with Crippen LogP contribution in [-0.4, -0.2) is 23.2 Å². The Labute approximate surface area is 143 Å². The van der Waals surface area contributed by atoms with Gasteiger partial charge in [-0.2, -0.15) is 5.10 Å². The molecule has 1 aromatic heterocycles. The number of halogens is 2. The molecule has 0 amide bonds. The smallest absolute Gasteiger partial charge is 0.267 e. The van der Waals surface area contributed by atoms with E-state index in [0.29, 0.717) is 17.3 Å². The number of para-hydroxylation sites is 2. The van der Waals surface area contributed by atoms with E-state index < -0.39 is 26.6 Å². The van der Waals surface area contributed by atoms with Crippen LogP contribution in [0.15, 0.2) is 47.4 Å². The van der Waals surface area contributed by atoms with Crippen molar-refractivity contribution in [1.29, 1.82) is 0 Å². The molecule has 0 saturated carbocycles. The Morgan fingerprint density at radius 1 is 1.00 bits per heavy atom. The third-order valence-electron chi connectivity index (χ3n) is 3.44. The number of nitrogens with one attached hydrogen (secondary N) is 1. The summed E-state index contributed by atoms with van der Waals surface area (Å²) in [6, 6.07) is 9.24. The highest BCUT2D eigenvalue weighted by atomic mass is 32.2. The normalized spacial score (nSPS) is 11.5. The maximum absolute atomic E-state index is 13.9. The molecule has 0 unspecified atom stereocenters. The Morgan fingerprint density at radius 3 is 2.24 bits per heavy atom. The number of anilines is 1. The van der Waals surface area contributed by atoms with Crippen LogP contribution in [0, 0.1) is 25.5 Å². The second-order valence-electron chi connectivity index (χ2n) is 5.29. The van der Waals surface area contributed by atoms with Crippen LogP contribution in [0.25, 0.3) is 5.69 Å². The largest absolute Gasteiger partial charge is 0.277 e. The topological polar surface area (TPSA) is 76.9 Å². The minimum Gasteiger partial charge on any atom is -0.277 e. The lowest BCUT2D eigenvalue weighted by molar-refractivity contribution is 0.521. The van der Waals surface area contributed by atoms with Gasteiger partial charge in [0.15, 0.2) is 4.90 Å². The third-order valence-corrected chi connectivity index (χ3v) is 4.86. The van der Waals surface area contributed by atoms with Crippen LogP contribution in [0.2, 0.25) is 0 Å². The Kier molecular flexibility index (Phi) is 4.25. The molecule has 25 heavy (non-hydrogen) atoms. The monoisotopic (exact) mass is 364 g/mol. The maximum Gasteiger partial charge on any atom is 0.267 e. The molecule has 0 aliphatic heterocycles. The van der Waals surface area contributed by atoms with Crippen LogP contribution in [0.4, 0.5) is 14.5 Å². The highest BCUT2D eigenvalue weighted by Crippen LogP contribution is 2.26. The molecule has 0 spiro atoms. The van der Waals surface area contributed by atoms with Crippen molar-refractivity contribution in [2.75, 3.05) is 4.72 Å². The zero-order valence-corrected chi connectivity index (χ0v) is 14.2. The highest BCUT2D eigenvalue weighted by Gasteiger charge is 2.25. The van der Waals surface area contributed by atoms with Crippen LogP contribution >= 0.6 is 0 Å². The minimum absolute atomic E-state index is 0.123. The lowest BCUT2D eigenvalue weighted by Gasteiger charge is -2.14. The summed E-state index contributed by atoms with van der Waals surface area (Å²) in [5.41, 5.74) is 0.513. The van der Waals surface area contributed by atoms with Gasteiger partial charge in [0.1, 0.15) is 23.3 Å². The van der Waals surface area contributed by atoms with Gasteiger partial charge in [-0.1, -0.05) is 18.2 Å². The van der Waals surface area contributed by atoms with Crippen molar-refractivity contribution in [3.8, 4) is 5.69 Å². The summed E-state index contributed by atoms with van der Waals surface area (Å²) in [5.74, 6) is -1.29. The van der Waals surface area contributed by atoms with Crippen LogP contribution in [0.5, 0.6) is 0 Å². The van der Waals surface area contributed by atoms with E-state index in [1.807, 2.05) is 0 Å². The number of sulfonamides is 1. The molecule has 1 heterocycles. The summed E-state index contributed by atoms with van der Waals surface area (Å²) < 4.78 is 56.3. The number of nitrogens with zero attached hydrogens (tertiary/aromatic N) is 3. The van der Waals surface area contributed by atoms with E-state index in [0.717, 1.165) is 18.2 Å². The lowest BCUT2D eigenvalue weighted by Crippen LogP contribution is -2.18. The average molecular weight is 364 g/mol. The number of aryl methyl sites for hydroxylation is 2. The van der Waals surface area contributed by atoms with E-state index >= 15 is 0 Å². The molecule has 0 bridgehead atoms. The van der Waals surface area contributed by atoms with Gasteiger partial charge in [0.25, 0.3) is 10.0 Å². The molecule has 2 aromatic carbocycles. The van der Waals surface area contributed by atoms with Crippen LogP contribution in [0.3, 0.4) is 0 Å². The zero-order valence-electron chi connectivity index (χ0n) is 13.4. The van der Waals surface area contributed by atoms with Crippen molar-refractivity contribution in [2.24, 2.45) is 0 Å². The van der Waals surface area contributed by atoms with Crippen LogP contribution in [-0.2, 0) is 10.0 Å². The molecule has 3 rings (SSSR count). The van der Waals surface area contributed by atoms with Gasteiger partial charge < -0.3 is 0 Å². The summed E-state index contributed by atoms with van der Waals surface area (Å²) >= 11 is 0. The summed E-state index contributed by atoms with van der Waals surface area (Å²) in [5, 5.41) is 4.20. The van der Waals surface area contributed by atoms with E-state index in [4.69, 9.17) is 0 Å². The predicted molar refractivity (Wildman–Crippen MR) is 88.0 cm³/mol. The van der Waals surface area contributed by atoms with Crippen LogP contribution < -0.4 is 4.72 Å². The predicted octanol–water partition coefficient (Wildman–Crippen LogP) is 2.96. The quantitative estimate of drug-likeness (QED) is 0.772. The first-order chi connectivity index (χ1) is 11.8. The molecule has 0 aliphatic rings. The third kappa shape index (κ3) is 3.22. The Bertz CT molecular complexity index is 1030. The van der Waals surface area contributed by atoms with Gasteiger partial charge in [-0.25, -0.2) is 26.9 Å². The molecule has 0 fully saturated rings. The SMILES string of the molecule is Cc1nc(C)n(-c2ccccc2NS(=O)(=O)c2c(F)cccc2F)n1. The molecule has 3 aromatic rings. The molecule has 9 heteroatoms. The molecular formula is C16H14F2N4O2S. The van der Waals surface area contributed by atoms with E-state index in [1.165, 1.54) is 10.7 Å². The summed E-state index contributed by atoms with van der Waals surface area (Å²) in [4.78, 5) is 3.13. The van der Waals surface area contributed by atoms with Crippen molar-refractivity contribution >= 4 is 15.7 Å². The number of hydrogen-bond donors (Lipinski definition) is 1. The van der Waals surface area contributed by atoms with Gasteiger partial charge >= 0.3 is 0 Å². The number of rotatable bonds is 4. The summed E-state index contributed by atoms with van der Waals surface area (Å²) in [6.45, 7) is 3.41. The summed E-state index contributed by atoms with van der Waals surface area (Å²) in [6.07, 6.45) is 0. The second kappa shape index (κ2) is 6.25. The second-order valence-corrected chi connectivity index (χ2v) is 6.91. The van der Waals surface area contributed by atoms with Crippen LogP contribution in [0.1, 0.15) is 11.6 Å². The van der Waals surface area contributed by atoms with Gasteiger partial charge in [-0.05, 0) is 38.1 Å². The van der Waals surface area contributed by atoms with Crippen molar-refractivity contribution in [1.82, 2.24) is 14.8 Å². The van der Waals surface area contributed by atoms with Crippen molar-refractivity contribution in [3.63, 3.8) is 0 Å². The first-order valence-electron chi connectivity index (χ1n) is 7.26. The fraction of sp³-hybridized carbons (Fsp3) is 0.125.